The van der Waals surface area contributed by atoms with Crippen molar-refractivity contribution in [3.8, 4) is 0 Å². The molecule has 2 N–H and O–H groups in total. The number of hydrogen-bond donors (Lipinski definition) is 2. The molecule has 2 rings (SSSR count). The van der Waals surface area contributed by atoms with E-state index in [0.717, 1.165) is 12.3 Å². The zero-order valence-corrected chi connectivity index (χ0v) is 12.8. The molecule has 24 heavy (non-hydrogen) atoms. The Bertz CT molecular complexity index is 731. The molecular formula is C15H11ClF3N3O2. The van der Waals surface area contributed by atoms with Gasteiger partial charge in [0.25, 0.3) is 5.91 Å². The summed E-state index contributed by atoms with van der Waals surface area (Å²) in [6.07, 6.45) is -3.80. The molecule has 0 unspecified atom stereocenters. The maximum atomic E-state index is 12.4. The van der Waals surface area contributed by atoms with E-state index in [2.05, 4.69) is 15.8 Å². The van der Waals surface area contributed by atoms with Gasteiger partial charge in [0.15, 0.2) is 0 Å². The second-order valence-electron chi connectivity index (χ2n) is 4.74. The number of alkyl halides is 3. The molecule has 5 nitrogen and oxygen atoms in total. The fourth-order valence-corrected chi connectivity index (χ4v) is 1.85. The van der Waals surface area contributed by atoms with Gasteiger partial charge < -0.3 is 0 Å². The summed E-state index contributed by atoms with van der Waals surface area (Å²) in [6, 6.07) is 8.21. The summed E-state index contributed by atoms with van der Waals surface area (Å²) in [7, 11) is 0. The van der Waals surface area contributed by atoms with Crippen molar-refractivity contribution in [3.63, 3.8) is 0 Å². The topological polar surface area (TPSA) is 71.1 Å². The van der Waals surface area contributed by atoms with Gasteiger partial charge in [0.1, 0.15) is 5.69 Å². The molecule has 2 aromatic rings. The van der Waals surface area contributed by atoms with Gasteiger partial charge in [-0.1, -0.05) is 23.7 Å². The third-order valence-corrected chi connectivity index (χ3v) is 3.16. The number of hydrogen-bond acceptors (Lipinski definition) is 3. The molecule has 9 heteroatoms. The normalized spacial score (nSPS) is 11.0. The van der Waals surface area contributed by atoms with Gasteiger partial charge in [-0.25, -0.2) is 0 Å². The SMILES string of the molecule is O=C(Cc1ccc(Cl)cc1)NNC(=O)c1ccc(C(F)(F)F)nc1. The first-order valence-electron chi connectivity index (χ1n) is 6.62. The van der Waals surface area contributed by atoms with Crippen molar-refractivity contribution in [3.05, 3.63) is 64.4 Å². The molecule has 0 aliphatic heterocycles. The summed E-state index contributed by atoms with van der Waals surface area (Å²) < 4.78 is 37.1. The van der Waals surface area contributed by atoms with E-state index in [1.54, 1.807) is 24.3 Å². The van der Waals surface area contributed by atoms with Crippen molar-refractivity contribution in [2.45, 2.75) is 12.6 Å². The van der Waals surface area contributed by atoms with Crippen LogP contribution in [0.1, 0.15) is 21.6 Å². The van der Waals surface area contributed by atoms with E-state index in [9.17, 15) is 22.8 Å². The molecule has 0 fully saturated rings. The molecular weight excluding hydrogens is 347 g/mol. The van der Waals surface area contributed by atoms with Crippen LogP contribution >= 0.6 is 11.6 Å². The minimum absolute atomic E-state index is 0.00269. The van der Waals surface area contributed by atoms with Crippen LogP contribution in [0.3, 0.4) is 0 Å². The molecule has 0 radical (unpaired) electrons. The Hall–Kier alpha value is -2.61. The molecule has 1 aromatic heterocycles. The Balaban J connectivity index is 1.88. The zero-order chi connectivity index (χ0) is 17.7. The number of amides is 2. The summed E-state index contributed by atoms with van der Waals surface area (Å²) >= 11 is 5.72. The summed E-state index contributed by atoms with van der Waals surface area (Å²) in [6.45, 7) is 0. The van der Waals surface area contributed by atoms with E-state index >= 15 is 0 Å². The van der Waals surface area contributed by atoms with Gasteiger partial charge in [-0.3, -0.25) is 25.4 Å². The van der Waals surface area contributed by atoms with E-state index < -0.39 is 23.7 Å². The van der Waals surface area contributed by atoms with Crippen LogP contribution < -0.4 is 10.9 Å². The molecule has 0 atom stereocenters. The van der Waals surface area contributed by atoms with Crippen molar-refractivity contribution in [1.29, 1.82) is 0 Å². The van der Waals surface area contributed by atoms with Gasteiger partial charge in [0, 0.05) is 11.2 Å². The second kappa shape index (κ2) is 7.31. The van der Waals surface area contributed by atoms with Crippen molar-refractivity contribution in [2.75, 3.05) is 0 Å². The van der Waals surface area contributed by atoms with E-state index in [-0.39, 0.29) is 12.0 Å². The van der Waals surface area contributed by atoms with Crippen LogP contribution in [0.25, 0.3) is 0 Å². The maximum Gasteiger partial charge on any atom is 0.433 e. The van der Waals surface area contributed by atoms with E-state index in [0.29, 0.717) is 16.7 Å². The predicted molar refractivity (Wildman–Crippen MR) is 80.0 cm³/mol. The molecule has 2 amide bonds. The monoisotopic (exact) mass is 357 g/mol. The Labute approximate surface area is 139 Å². The Morgan fingerprint density at radius 2 is 1.71 bits per heavy atom. The molecule has 1 heterocycles. The van der Waals surface area contributed by atoms with E-state index in [1.807, 2.05) is 0 Å². The molecule has 0 aliphatic carbocycles. The highest BCUT2D eigenvalue weighted by Crippen LogP contribution is 2.27. The second-order valence-corrected chi connectivity index (χ2v) is 5.17. The van der Waals surface area contributed by atoms with Gasteiger partial charge in [-0.05, 0) is 29.8 Å². The van der Waals surface area contributed by atoms with E-state index in [1.165, 1.54) is 0 Å². The average molecular weight is 358 g/mol. The third kappa shape index (κ3) is 4.95. The molecule has 0 saturated heterocycles. The lowest BCUT2D eigenvalue weighted by Gasteiger charge is -2.09. The highest BCUT2D eigenvalue weighted by Gasteiger charge is 2.32. The molecule has 0 spiro atoms. The number of rotatable bonds is 3. The number of aromatic nitrogens is 1. The fourth-order valence-electron chi connectivity index (χ4n) is 1.73. The fraction of sp³-hybridized carbons (Fsp3) is 0.133. The molecule has 0 bridgehead atoms. The Morgan fingerprint density at radius 3 is 2.25 bits per heavy atom. The largest absolute Gasteiger partial charge is 0.433 e. The number of benzene rings is 1. The minimum atomic E-state index is -4.58. The van der Waals surface area contributed by atoms with E-state index in [4.69, 9.17) is 11.6 Å². The summed E-state index contributed by atoms with van der Waals surface area (Å²) in [5.74, 6) is -1.27. The zero-order valence-electron chi connectivity index (χ0n) is 12.0. The van der Waals surface area contributed by atoms with Crippen LogP contribution in [0.15, 0.2) is 42.6 Å². The van der Waals surface area contributed by atoms with Gasteiger partial charge in [-0.2, -0.15) is 13.2 Å². The highest BCUT2D eigenvalue weighted by atomic mass is 35.5. The maximum absolute atomic E-state index is 12.4. The number of carbonyl (C=O) groups is 2. The van der Waals surface area contributed by atoms with Gasteiger partial charge >= 0.3 is 6.18 Å². The molecule has 126 valence electrons. The van der Waals surface area contributed by atoms with Crippen molar-refractivity contribution < 1.29 is 22.8 Å². The number of nitrogens with one attached hydrogen (secondary N) is 2. The first-order valence-corrected chi connectivity index (χ1v) is 7.00. The van der Waals surface area contributed by atoms with Crippen LogP contribution in [0, 0.1) is 0 Å². The molecule has 0 aliphatic rings. The standard InChI is InChI=1S/C15H11ClF3N3O2/c16-11-4-1-9(2-5-11)7-13(23)21-22-14(24)10-3-6-12(20-8-10)15(17,18)19/h1-6,8H,7H2,(H,21,23)(H,22,24). The Kier molecular flexibility index (Phi) is 5.40. The first-order chi connectivity index (χ1) is 11.3. The van der Waals surface area contributed by atoms with Crippen molar-refractivity contribution in [1.82, 2.24) is 15.8 Å². The van der Waals surface area contributed by atoms with Crippen LogP contribution in [-0.2, 0) is 17.4 Å². The van der Waals surface area contributed by atoms with Crippen LogP contribution in [-0.4, -0.2) is 16.8 Å². The summed E-state index contributed by atoms with van der Waals surface area (Å²) in [5.41, 5.74) is 3.73. The van der Waals surface area contributed by atoms with Gasteiger partial charge in [0.2, 0.25) is 5.91 Å². The number of pyridine rings is 1. The smallest absolute Gasteiger partial charge is 0.273 e. The average Bonchev–Trinajstić information content (AvgIpc) is 2.54. The van der Waals surface area contributed by atoms with Crippen molar-refractivity contribution >= 4 is 23.4 Å². The summed E-state index contributed by atoms with van der Waals surface area (Å²) in [4.78, 5) is 26.6. The van der Waals surface area contributed by atoms with Gasteiger partial charge in [-0.15, -0.1) is 0 Å². The van der Waals surface area contributed by atoms with Crippen LogP contribution in [0.5, 0.6) is 0 Å². The first kappa shape index (κ1) is 17.7. The van der Waals surface area contributed by atoms with Crippen LogP contribution in [0.4, 0.5) is 13.2 Å². The third-order valence-electron chi connectivity index (χ3n) is 2.91. The minimum Gasteiger partial charge on any atom is -0.273 e. The molecule has 1 aromatic carbocycles. The molecule has 0 saturated carbocycles. The Morgan fingerprint density at radius 1 is 1.04 bits per heavy atom. The summed E-state index contributed by atoms with van der Waals surface area (Å²) in [5, 5.41) is 0.530. The predicted octanol–water partition coefficient (Wildman–Crippen LogP) is 2.76. The highest BCUT2D eigenvalue weighted by molar-refractivity contribution is 6.30. The van der Waals surface area contributed by atoms with Crippen molar-refractivity contribution in [2.24, 2.45) is 0 Å². The van der Waals surface area contributed by atoms with Gasteiger partial charge in [0.05, 0.1) is 12.0 Å². The lowest BCUT2D eigenvalue weighted by Crippen LogP contribution is -2.42. The quantitative estimate of drug-likeness (QED) is 0.830. The number of nitrogens with zero attached hydrogens (tertiary/aromatic N) is 1. The number of halogens is 4. The number of carbonyl (C=O) groups excluding carboxylic acids is 2. The number of hydrazine groups is 1. The van der Waals surface area contributed by atoms with Crippen LogP contribution in [0.2, 0.25) is 5.02 Å². The lowest BCUT2D eigenvalue weighted by atomic mass is 10.1. The lowest BCUT2D eigenvalue weighted by molar-refractivity contribution is -0.141.